The van der Waals surface area contributed by atoms with Crippen LogP contribution in [0.25, 0.3) is 0 Å². The highest BCUT2D eigenvalue weighted by atomic mass is 16.6. The van der Waals surface area contributed by atoms with E-state index in [-0.39, 0.29) is 5.91 Å². The van der Waals surface area contributed by atoms with Gasteiger partial charge in [0.05, 0.1) is 6.54 Å². The lowest BCUT2D eigenvalue weighted by atomic mass is 10.3. The number of cyclic esters (lactones) is 1. The second-order valence-corrected chi connectivity index (χ2v) is 3.44. The zero-order valence-electron chi connectivity index (χ0n) is 7.28. The largest absolute Gasteiger partial charge is 0.446 e. The summed E-state index contributed by atoms with van der Waals surface area (Å²) < 4.78 is 4.63. The fraction of sp³-hybridized carbons (Fsp3) is 0.750. The molecule has 5 heteroatoms. The molecular weight excluding hydrogens is 172 g/mol. The van der Waals surface area contributed by atoms with Gasteiger partial charge in [0, 0.05) is 6.42 Å². The Morgan fingerprint density at radius 1 is 1.62 bits per heavy atom. The summed E-state index contributed by atoms with van der Waals surface area (Å²) in [7, 11) is 0. The van der Waals surface area contributed by atoms with Gasteiger partial charge in [-0.15, -0.1) is 0 Å². The second kappa shape index (κ2) is 3.24. The first kappa shape index (κ1) is 8.34. The molecule has 0 aromatic rings. The fourth-order valence-corrected chi connectivity index (χ4v) is 1.29. The Morgan fingerprint density at radius 3 is 3.00 bits per heavy atom. The molecule has 2 fully saturated rings. The van der Waals surface area contributed by atoms with Crippen LogP contribution in [0.4, 0.5) is 4.79 Å². The minimum absolute atomic E-state index is 0.000787. The lowest BCUT2D eigenvalue weighted by molar-refractivity contribution is -0.136. The molecule has 0 spiro atoms. The van der Waals surface area contributed by atoms with Gasteiger partial charge >= 0.3 is 6.09 Å². The van der Waals surface area contributed by atoms with Crippen molar-refractivity contribution in [3.63, 3.8) is 0 Å². The predicted molar refractivity (Wildman–Crippen MR) is 43.5 cm³/mol. The van der Waals surface area contributed by atoms with Crippen molar-refractivity contribution in [1.82, 2.24) is 10.4 Å². The molecule has 0 radical (unpaired) electrons. The van der Waals surface area contributed by atoms with Crippen molar-refractivity contribution in [2.75, 3.05) is 13.2 Å². The Bertz CT molecular complexity index is 238. The maximum absolute atomic E-state index is 11.4. The summed E-state index contributed by atoms with van der Waals surface area (Å²) in [4.78, 5) is 22.2. The molecule has 1 saturated heterocycles. The molecule has 0 unspecified atom stereocenters. The van der Waals surface area contributed by atoms with Gasteiger partial charge in [0.15, 0.2) is 0 Å². The first-order valence-corrected chi connectivity index (χ1v) is 4.49. The zero-order valence-corrected chi connectivity index (χ0v) is 7.28. The smallest absolute Gasteiger partial charge is 0.426 e. The topological polar surface area (TPSA) is 58.6 Å². The molecule has 1 aliphatic carbocycles. The summed E-state index contributed by atoms with van der Waals surface area (Å²) in [5, 5.41) is 1.35. The standard InChI is InChI=1S/C8H12N2O3/c11-7(5-6-1-2-6)10-3-4-13-8(12)9-10/h6H,1-5H2,(H,9,12). The molecule has 1 N–H and O–H groups in total. The van der Waals surface area contributed by atoms with Gasteiger partial charge in [-0.1, -0.05) is 0 Å². The number of nitrogens with zero attached hydrogens (tertiary/aromatic N) is 1. The van der Waals surface area contributed by atoms with Gasteiger partial charge in [0.2, 0.25) is 5.91 Å². The molecule has 0 atom stereocenters. The van der Waals surface area contributed by atoms with Crippen LogP contribution in [-0.2, 0) is 9.53 Å². The van der Waals surface area contributed by atoms with Crippen LogP contribution in [-0.4, -0.2) is 30.2 Å². The normalized spacial score (nSPS) is 22.2. The summed E-state index contributed by atoms with van der Waals surface area (Å²) in [5.41, 5.74) is 2.37. The van der Waals surface area contributed by atoms with Gasteiger partial charge in [0.25, 0.3) is 0 Å². The molecule has 2 amide bonds. The quantitative estimate of drug-likeness (QED) is 0.670. The number of nitrogens with one attached hydrogen (secondary N) is 1. The summed E-state index contributed by atoms with van der Waals surface area (Å²) >= 11 is 0. The molecule has 5 nitrogen and oxygen atoms in total. The fourth-order valence-electron chi connectivity index (χ4n) is 1.29. The molecule has 72 valence electrons. The van der Waals surface area contributed by atoms with Crippen LogP contribution >= 0.6 is 0 Å². The molecule has 2 aliphatic rings. The molecule has 13 heavy (non-hydrogen) atoms. The number of carbonyl (C=O) groups excluding carboxylic acids is 2. The van der Waals surface area contributed by atoms with Crippen LogP contribution < -0.4 is 5.43 Å². The number of carbonyl (C=O) groups is 2. The van der Waals surface area contributed by atoms with E-state index in [0.29, 0.717) is 25.5 Å². The number of ether oxygens (including phenoxy) is 1. The van der Waals surface area contributed by atoms with Crippen molar-refractivity contribution in [1.29, 1.82) is 0 Å². The number of hydrogen-bond acceptors (Lipinski definition) is 3. The minimum Gasteiger partial charge on any atom is -0.446 e. The minimum atomic E-state index is -0.532. The SMILES string of the molecule is O=C1NN(C(=O)CC2CC2)CCO1. The number of hydrazine groups is 1. The van der Waals surface area contributed by atoms with E-state index in [4.69, 9.17) is 0 Å². The van der Waals surface area contributed by atoms with E-state index in [1.165, 1.54) is 5.01 Å². The summed E-state index contributed by atoms with van der Waals surface area (Å²) in [5.74, 6) is 0.548. The maximum atomic E-state index is 11.4. The van der Waals surface area contributed by atoms with Crippen molar-refractivity contribution >= 4 is 12.0 Å². The van der Waals surface area contributed by atoms with Crippen LogP contribution in [0.3, 0.4) is 0 Å². The van der Waals surface area contributed by atoms with E-state index in [0.717, 1.165) is 12.8 Å². The lowest BCUT2D eigenvalue weighted by Gasteiger charge is -2.26. The van der Waals surface area contributed by atoms with E-state index in [2.05, 4.69) is 10.2 Å². The molecule has 0 aromatic heterocycles. The molecule has 0 aromatic carbocycles. The molecule has 1 aliphatic heterocycles. The lowest BCUT2D eigenvalue weighted by Crippen LogP contribution is -2.52. The molecule has 1 saturated carbocycles. The van der Waals surface area contributed by atoms with Crippen molar-refractivity contribution < 1.29 is 14.3 Å². The highest BCUT2D eigenvalue weighted by Crippen LogP contribution is 2.32. The third kappa shape index (κ3) is 2.11. The van der Waals surface area contributed by atoms with Gasteiger partial charge in [-0.25, -0.2) is 15.2 Å². The van der Waals surface area contributed by atoms with Gasteiger partial charge in [0.1, 0.15) is 6.61 Å². The average molecular weight is 184 g/mol. The van der Waals surface area contributed by atoms with E-state index in [1.807, 2.05) is 0 Å². The van der Waals surface area contributed by atoms with E-state index in [9.17, 15) is 9.59 Å². The van der Waals surface area contributed by atoms with Crippen LogP contribution in [0.5, 0.6) is 0 Å². The van der Waals surface area contributed by atoms with Crippen LogP contribution in [0.2, 0.25) is 0 Å². The number of rotatable bonds is 2. The monoisotopic (exact) mass is 184 g/mol. The zero-order chi connectivity index (χ0) is 9.26. The van der Waals surface area contributed by atoms with Gasteiger partial charge in [-0.2, -0.15) is 0 Å². The molecule has 2 rings (SSSR count). The number of amides is 2. The van der Waals surface area contributed by atoms with Gasteiger partial charge < -0.3 is 4.74 Å². The highest BCUT2D eigenvalue weighted by molar-refractivity contribution is 5.80. The van der Waals surface area contributed by atoms with Gasteiger partial charge in [-0.05, 0) is 18.8 Å². The van der Waals surface area contributed by atoms with Gasteiger partial charge in [-0.3, -0.25) is 4.79 Å². The Labute approximate surface area is 76.0 Å². The van der Waals surface area contributed by atoms with Crippen molar-refractivity contribution in [3.05, 3.63) is 0 Å². The van der Waals surface area contributed by atoms with Crippen LogP contribution in [0.15, 0.2) is 0 Å². The highest BCUT2D eigenvalue weighted by Gasteiger charge is 2.29. The third-order valence-electron chi connectivity index (χ3n) is 2.24. The van der Waals surface area contributed by atoms with E-state index < -0.39 is 6.09 Å². The van der Waals surface area contributed by atoms with E-state index in [1.54, 1.807) is 0 Å². The predicted octanol–water partition coefficient (Wildman–Crippen LogP) is 0.270. The second-order valence-electron chi connectivity index (χ2n) is 3.44. The van der Waals surface area contributed by atoms with Crippen molar-refractivity contribution in [2.45, 2.75) is 19.3 Å². The molecule has 1 heterocycles. The summed E-state index contributed by atoms with van der Waals surface area (Å²) in [6.07, 6.45) is 2.31. The Balaban J connectivity index is 1.83. The third-order valence-corrected chi connectivity index (χ3v) is 2.24. The first-order chi connectivity index (χ1) is 6.25. The van der Waals surface area contributed by atoms with Crippen molar-refractivity contribution in [3.8, 4) is 0 Å². The Morgan fingerprint density at radius 2 is 2.38 bits per heavy atom. The van der Waals surface area contributed by atoms with Crippen molar-refractivity contribution in [2.24, 2.45) is 5.92 Å². The summed E-state index contributed by atoms with van der Waals surface area (Å²) in [6, 6.07) is 0. The number of hydrogen-bond donors (Lipinski definition) is 1. The first-order valence-electron chi connectivity index (χ1n) is 4.49. The Hall–Kier alpha value is -1.26. The van der Waals surface area contributed by atoms with E-state index >= 15 is 0 Å². The van der Waals surface area contributed by atoms with Crippen LogP contribution in [0, 0.1) is 5.92 Å². The Kier molecular flexibility index (Phi) is 2.08. The summed E-state index contributed by atoms with van der Waals surface area (Å²) in [6.45, 7) is 0.750. The molecular formula is C8H12N2O3. The average Bonchev–Trinajstić information content (AvgIpc) is 2.88. The maximum Gasteiger partial charge on any atom is 0.426 e. The van der Waals surface area contributed by atoms with Crippen LogP contribution in [0.1, 0.15) is 19.3 Å². The molecule has 0 bridgehead atoms.